The van der Waals surface area contributed by atoms with E-state index in [0.29, 0.717) is 17.9 Å². The van der Waals surface area contributed by atoms with Crippen LogP contribution in [0.3, 0.4) is 0 Å². The van der Waals surface area contributed by atoms with E-state index in [-0.39, 0.29) is 17.4 Å². The average Bonchev–Trinajstić information content (AvgIpc) is 2.48. The number of pyridine rings is 1. The van der Waals surface area contributed by atoms with Gasteiger partial charge in [-0.2, -0.15) is 0 Å². The first-order valence-electron chi connectivity index (χ1n) is 6.88. The zero-order valence-corrected chi connectivity index (χ0v) is 12.2. The zero-order chi connectivity index (χ0) is 15.4. The molecule has 0 aliphatic heterocycles. The minimum absolute atomic E-state index is 0.0839. The van der Waals surface area contributed by atoms with E-state index in [4.69, 9.17) is 5.73 Å². The Balaban J connectivity index is 2.16. The van der Waals surface area contributed by atoms with Crippen LogP contribution in [0.1, 0.15) is 25.3 Å². The molecule has 5 heteroatoms. The SMILES string of the molecule is CCn1cc(NC(=O)C(C)c2cccc(N)c2)ccc1=O. The first kappa shape index (κ1) is 14.8. The third-order valence-corrected chi connectivity index (χ3v) is 3.40. The molecular weight excluding hydrogens is 266 g/mol. The normalized spacial score (nSPS) is 11.9. The van der Waals surface area contributed by atoms with Crippen molar-refractivity contribution in [1.82, 2.24) is 4.57 Å². The highest BCUT2D eigenvalue weighted by molar-refractivity contribution is 5.95. The third-order valence-electron chi connectivity index (χ3n) is 3.40. The molecule has 0 fully saturated rings. The van der Waals surface area contributed by atoms with Gasteiger partial charge >= 0.3 is 0 Å². The van der Waals surface area contributed by atoms with Gasteiger partial charge in [-0.15, -0.1) is 0 Å². The molecule has 1 aromatic carbocycles. The van der Waals surface area contributed by atoms with Crippen LogP contribution >= 0.6 is 0 Å². The van der Waals surface area contributed by atoms with Gasteiger partial charge in [-0.3, -0.25) is 9.59 Å². The van der Waals surface area contributed by atoms with Gasteiger partial charge in [0.2, 0.25) is 5.91 Å². The second-order valence-corrected chi connectivity index (χ2v) is 4.92. The predicted molar refractivity (Wildman–Crippen MR) is 84.3 cm³/mol. The van der Waals surface area contributed by atoms with Crippen LogP contribution in [0.4, 0.5) is 11.4 Å². The van der Waals surface area contributed by atoms with E-state index in [1.165, 1.54) is 6.07 Å². The maximum absolute atomic E-state index is 12.3. The number of rotatable bonds is 4. The van der Waals surface area contributed by atoms with Gasteiger partial charge in [0.15, 0.2) is 0 Å². The molecule has 21 heavy (non-hydrogen) atoms. The van der Waals surface area contributed by atoms with Crippen molar-refractivity contribution in [3.63, 3.8) is 0 Å². The largest absolute Gasteiger partial charge is 0.399 e. The van der Waals surface area contributed by atoms with Gasteiger partial charge in [0, 0.05) is 24.5 Å². The predicted octanol–water partition coefficient (Wildman–Crippen LogP) is 2.19. The minimum atomic E-state index is -0.324. The summed E-state index contributed by atoms with van der Waals surface area (Å²) in [5.41, 5.74) is 7.75. The van der Waals surface area contributed by atoms with Crippen molar-refractivity contribution in [3.05, 3.63) is 58.5 Å². The second-order valence-electron chi connectivity index (χ2n) is 4.92. The molecule has 0 bridgehead atoms. The van der Waals surface area contributed by atoms with Crippen LogP contribution in [0, 0.1) is 0 Å². The van der Waals surface area contributed by atoms with Gasteiger partial charge < -0.3 is 15.6 Å². The molecule has 2 rings (SSSR count). The van der Waals surface area contributed by atoms with E-state index >= 15 is 0 Å². The van der Waals surface area contributed by atoms with Crippen molar-refractivity contribution >= 4 is 17.3 Å². The number of carbonyl (C=O) groups is 1. The molecular formula is C16H19N3O2. The number of hydrogen-bond acceptors (Lipinski definition) is 3. The van der Waals surface area contributed by atoms with Crippen LogP contribution in [0.2, 0.25) is 0 Å². The van der Waals surface area contributed by atoms with Gasteiger partial charge in [-0.1, -0.05) is 12.1 Å². The van der Waals surface area contributed by atoms with Crippen LogP contribution in [0.5, 0.6) is 0 Å². The molecule has 0 radical (unpaired) electrons. The number of carbonyl (C=O) groups excluding carboxylic acids is 1. The topological polar surface area (TPSA) is 77.1 Å². The van der Waals surface area contributed by atoms with Crippen molar-refractivity contribution in [1.29, 1.82) is 0 Å². The van der Waals surface area contributed by atoms with Crippen LogP contribution in [-0.4, -0.2) is 10.5 Å². The van der Waals surface area contributed by atoms with E-state index < -0.39 is 0 Å². The fourth-order valence-electron chi connectivity index (χ4n) is 2.08. The monoisotopic (exact) mass is 285 g/mol. The lowest BCUT2D eigenvalue weighted by Gasteiger charge is -2.14. The smallest absolute Gasteiger partial charge is 0.250 e. The standard InChI is InChI=1S/C16H19N3O2/c1-3-19-10-14(7-8-15(19)20)18-16(21)11(2)12-5-4-6-13(17)9-12/h4-11H,3,17H2,1-2H3,(H,18,21). The van der Waals surface area contributed by atoms with Crippen molar-refractivity contribution in [2.45, 2.75) is 26.3 Å². The van der Waals surface area contributed by atoms with Crippen LogP contribution in [-0.2, 0) is 11.3 Å². The Morgan fingerprint density at radius 2 is 2.10 bits per heavy atom. The fourth-order valence-corrected chi connectivity index (χ4v) is 2.08. The van der Waals surface area contributed by atoms with Crippen molar-refractivity contribution in [2.75, 3.05) is 11.1 Å². The van der Waals surface area contributed by atoms with E-state index in [0.717, 1.165) is 5.56 Å². The number of aryl methyl sites for hydroxylation is 1. The molecule has 1 unspecified atom stereocenters. The molecule has 1 heterocycles. The van der Waals surface area contributed by atoms with Gasteiger partial charge in [0.1, 0.15) is 0 Å². The Bertz CT molecular complexity index is 707. The summed E-state index contributed by atoms with van der Waals surface area (Å²) in [7, 11) is 0. The molecule has 1 atom stereocenters. The molecule has 0 aliphatic rings. The summed E-state index contributed by atoms with van der Waals surface area (Å²) in [5, 5.41) is 2.82. The maximum atomic E-state index is 12.3. The Labute approximate surface area is 123 Å². The van der Waals surface area contributed by atoms with Gasteiger partial charge in [-0.05, 0) is 37.6 Å². The summed E-state index contributed by atoms with van der Waals surface area (Å²) < 4.78 is 1.54. The molecule has 1 aromatic heterocycles. The number of anilines is 2. The summed E-state index contributed by atoms with van der Waals surface area (Å²) in [6, 6.07) is 10.3. The average molecular weight is 285 g/mol. The minimum Gasteiger partial charge on any atom is -0.399 e. The molecule has 110 valence electrons. The number of amides is 1. The summed E-state index contributed by atoms with van der Waals surface area (Å²) in [5.74, 6) is -0.461. The highest BCUT2D eigenvalue weighted by atomic mass is 16.2. The van der Waals surface area contributed by atoms with Gasteiger partial charge in [0.25, 0.3) is 5.56 Å². The van der Waals surface area contributed by atoms with Gasteiger partial charge in [0.05, 0.1) is 11.6 Å². The van der Waals surface area contributed by atoms with Crippen molar-refractivity contribution in [3.8, 4) is 0 Å². The van der Waals surface area contributed by atoms with E-state index in [1.807, 2.05) is 26.0 Å². The number of benzene rings is 1. The molecule has 3 N–H and O–H groups in total. The first-order valence-corrected chi connectivity index (χ1v) is 6.88. The molecule has 0 aliphatic carbocycles. The number of nitrogens with two attached hydrogens (primary N) is 1. The Kier molecular flexibility index (Phi) is 4.42. The zero-order valence-electron chi connectivity index (χ0n) is 12.2. The third kappa shape index (κ3) is 3.51. The first-order chi connectivity index (χ1) is 10.0. The lowest BCUT2D eigenvalue weighted by atomic mass is 10.00. The number of nitrogens with one attached hydrogen (secondary N) is 1. The molecule has 5 nitrogen and oxygen atoms in total. The lowest BCUT2D eigenvalue weighted by Crippen LogP contribution is -2.22. The van der Waals surface area contributed by atoms with Crippen LogP contribution in [0.25, 0.3) is 0 Å². The maximum Gasteiger partial charge on any atom is 0.250 e. The van der Waals surface area contributed by atoms with Crippen LogP contribution in [0.15, 0.2) is 47.4 Å². The Morgan fingerprint density at radius 3 is 2.76 bits per heavy atom. The Hall–Kier alpha value is -2.56. The molecule has 0 saturated heterocycles. The van der Waals surface area contributed by atoms with Crippen molar-refractivity contribution in [2.24, 2.45) is 0 Å². The van der Waals surface area contributed by atoms with Crippen LogP contribution < -0.4 is 16.6 Å². The lowest BCUT2D eigenvalue weighted by molar-refractivity contribution is -0.117. The molecule has 1 amide bonds. The molecule has 2 aromatic rings. The number of nitrogen functional groups attached to an aromatic ring is 1. The Morgan fingerprint density at radius 1 is 1.33 bits per heavy atom. The van der Waals surface area contributed by atoms with Gasteiger partial charge in [-0.25, -0.2) is 0 Å². The van der Waals surface area contributed by atoms with E-state index in [9.17, 15) is 9.59 Å². The van der Waals surface area contributed by atoms with E-state index in [1.54, 1.807) is 29.0 Å². The quantitative estimate of drug-likeness (QED) is 0.845. The van der Waals surface area contributed by atoms with E-state index in [2.05, 4.69) is 5.32 Å². The second kappa shape index (κ2) is 6.26. The van der Waals surface area contributed by atoms with Crippen molar-refractivity contribution < 1.29 is 4.79 Å². The number of nitrogens with zero attached hydrogens (tertiary/aromatic N) is 1. The number of hydrogen-bond donors (Lipinski definition) is 2. The molecule has 0 spiro atoms. The number of aromatic nitrogens is 1. The summed E-state index contributed by atoms with van der Waals surface area (Å²) in [4.78, 5) is 23.8. The molecule has 0 saturated carbocycles. The summed E-state index contributed by atoms with van der Waals surface area (Å²) in [6.07, 6.45) is 1.65. The summed E-state index contributed by atoms with van der Waals surface area (Å²) >= 11 is 0. The fraction of sp³-hybridized carbons (Fsp3) is 0.250. The highest BCUT2D eigenvalue weighted by Crippen LogP contribution is 2.19. The highest BCUT2D eigenvalue weighted by Gasteiger charge is 2.15. The summed E-state index contributed by atoms with van der Waals surface area (Å²) in [6.45, 7) is 4.26.